The van der Waals surface area contributed by atoms with E-state index in [4.69, 9.17) is 11.6 Å². The fourth-order valence-corrected chi connectivity index (χ4v) is 5.71. The molecule has 1 aromatic heterocycles. The third-order valence-electron chi connectivity index (χ3n) is 6.45. The molecule has 1 nitrogen and oxygen atoms in total. The summed E-state index contributed by atoms with van der Waals surface area (Å²) in [6, 6.07) is 26.6. The summed E-state index contributed by atoms with van der Waals surface area (Å²) in [5.41, 5.74) is 11.9. The number of fused-ring (bicyclic) bond motifs is 7. The zero-order valence-electron chi connectivity index (χ0n) is 15.3. The molecule has 0 unspecified atom stereocenters. The van der Waals surface area contributed by atoms with Crippen molar-refractivity contribution in [3.8, 4) is 22.3 Å². The summed E-state index contributed by atoms with van der Waals surface area (Å²) in [6.45, 7) is 2.39. The van der Waals surface area contributed by atoms with Gasteiger partial charge in [0.1, 0.15) is 0 Å². The van der Waals surface area contributed by atoms with Crippen LogP contribution in [0, 0.1) is 6.92 Å². The first-order valence-corrected chi connectivity index (χ1v) is 10.1. The normalized spacial score (nSPS) is 13.3. The van der Waals surface area contributed by atoms with Crippen molar-refractivity contribution in [1.82, 2.24) is 4.48 Å². The molecule has 7 rings (SSSR count). The number of aromatic nitrogens is 1. The average Bonchev–Trinajstić information content (AvgIpc) is 3.03. The molecule has 3 heteroatoms. The molecule has 28 heavy (non-hydrogen) atoms. The van der Waals surface area contributed by atoms with Gasteiger partial charge in [0.25, 0.3) is 0 Å². The van der Waals surface area contributed by atoms with Crippen LogP contribution >= 0.6 is 11.6 Å². The third kappa shape index (κ3) is 1.62. The molecule has 0 saturated heterocycles. The van der Waals surface area contributed by atoms with Gasteiger partial charge in [0.2, 0.25) is 0 Å². The quantitative estimate of drug-likeness (QED) is 0.314. The van der Waals surface area contributed by atoms with Gasteiger partial charge in [0, 0.05) is 38.0 Å². The minimum absolute atomic E-state index is 0.205. The number of hydrogen-bond acceptors (Lipinski definition) is 0. The van der Waals surface area contributed by atoms with Crippen LogP contribution in [-0.2, 0) is 0 Å². The fraction of sp³-hybridized carbons (Fsp3) is 0.0400. The first-order chi connectivity index (χ1) is 13.7. The third-order valence-corrected chi connectivity index (χ3v) is 6.67. The molecule has 0 atom stereocenters. The number of hydrogen-bond donors (Lipinski definition) is 0. The second-order valence-electron chi connectivity index (χ2n) is 8.01. The topological polar surface area (TPSA) is 4.93 Å². The maximum absolute atomic E-state index is 6.61. The Morgan fingerprint density at radius 1 is 0.679 bits per heavy atom. The highest BCUT2D eigenvalue weighted by Crippen LogP contribution is 2.45. The Morgan fingerprint density at radius 2 is 1.25 bits per heavy atom. The van der Waals surface area contributed by atoms with Gasteiger partial charge in [-0.3, -0.25) is 0 Å². The molecule has 5 aromatic rings. The Morgan fingerprint density at radius 3 is 1.93 bits per heavy atom. The maximum atomic E-state index is 6.61. The molecule has 0 fully saturated rings. The maximum Gasteiger partial charge on any atom is 0.329 e. The van der Waals surface area contributed by atoms with Crippen LogP contribution in [0.2, 0.25) is 5.02 Å². The Labute approximate surface area is 168 Å². The summed E-state index contributed by atoms with van der Waals surface area (Å²) < 4.78 is 2.57. The van der Waals surface area contributed by atoms with Crippen LogP contribution in [0.25, 0.3) is 44.1 Å². The molecule has 2 aliphatic rings. The van der Waals surface area contributed by atoms with Gasteiger partial charge >= 0.3 is 6.85 Å². The molecule has 0 radical (unpaired) electrons. The molecular formula is C25H15BClN. The summed E-state index contributed by atoms with van der Waals surface area (Å²) in [7, 11) is 0. The van der Waals surface area contributed by atoms with E-state index in [1.54, 1.807) is 0 Å². The Kier molecular flexibility index (Phi) is 2.63. The second-order valence-corrected chi connectivity index (χ2v) is 8.44. The molecule has 0 aliphatic carbocycles. The van der Waals surface area contributed by atoms with E-state index in [9.17, 15) is 0 Å². The van der Waals surface area contributed by atoms with Gasteiger partial charge in [0.15, 0.2) is 0 Å². The number of nitrogens with zero attached hydrogens (tertiary/aromatic N) is 1. The molecule has 0 bridgehead atoms. The van der Waals surface area contributed by atoms with E-state index >= 15 is 0 Å². The molecular weight excluding hydrogens is 361 g/mol. The Balaban J connectivity index is 1.85. The largest absolute Gasteiger partial charge is 0.375 e. The van der Waals surface area contributed by atoms with Crippen LogP contribution in [0.5, 0.6) is 0 Å². The number of benzene rings is 4. The second kappa shape index (κ2) is 4.90. The summed E-state index contributed by atoms with van der Waals surface area (Å²) in [4.78, 5) is 0. The minimum atomic E-state index is 0.205. The molecule has 130 valence electrons. The standard InChI is InChI=1S/C25H15BClN/c1-14-10-18-16-6-2-4-8-22(16)26-23-9-5-3-7-17(23)20-12-15(27)13-21-19(11-14)24(18)28(26)25(20)21/h2-13H,1H3. The van der Waals surface area contributed by atoms with Crippen LogP contribution < -0.4 is 10.9 Å². The van der Waals surface area contributed by atoms with Crippen molar-refractivity contribution in [2.75, 3.05) is 0 Å². The minimum Gasteiger partial charge on any atom is -0.375 e. The van der Waals surface area contributed by atoms with E-state index in [2.05, 4.69) is 84.2 Å². The SMILES string of the molecule is Cc1cc2c3c(c1)c1cc(Cl)cc4c1n3B(c1ccccc1-2)c1ccccc1-4. The van der Waals surface area contributed by atoms with Crippen molar-refractivity contribution in [2.24, 2.45) is 0 Å². The summed E-state index contributed by atoms with van der Waals surface area (Å²) in [5.74, 6) is 0. The first kappa shape index (κ1) is 15.0. The lowest BCUT2D eigenvalue weighted by molar-refractivity contribution is 1.31. The first-order valence-electron chi connectivity index (χ1n) is 9.69. The van der Waals surface area contributed by atoms with Gasteiger partial charge in [-0.25, -0.2) is 0 Å². The lowest BCUT2D eigenvalue weighted by Gasteiger charge is -2.32. The van der Waals surface area contributed by atoms with Crippen molar-refractivity contribution in [1.29, 1.82) is 0 Å². The van der Waals surface area contributed by atoms with Crippen LogP contribution in [-0.4, -0.2) is 11.3 Å². The molecule has 2 aliphatic heterocycles. The van der Waals surface area contributed by atoms with E-state index in [-0.39, 0.29) is 6.85 Å². The van der Waals surface area contributed by atoms with Crippen molar-refractivity contribution < 1.29 is 0 Å². The highest BCUT2D eigenvalue weighted by molar-refractivity contribution is 6.88. The molecule has 0 amide bonds. The predicted molar refractivity (Wildman–Crippen MR) is 120 cm³/mol. The van der Waals surface area contributed by atoms with Gasteiger partial charge in [-0.2, -0.15) is 0 Å². The number of rotatable bonds is 0. The van der Waals surface area contributed by atoms with Gasteiger partial charge in [0.05, 0.1) is 0 Å². The van der Waals surface area contributed by atoms with Crippen molar-refractivity contribution >= 4 is 51.2 Å². The van der Waals surface area contributed by atoms with Crippen LogP contribution in [0.15, 0.2) is 72.8 Å². The van der Waals surface area contributed by atoms with Crippen molar-refractivity contribution in [3.63, 3.8) is 0 Å². The monoisotopic (exact) mass is 375 g/mol. The smallest absolute Gasteiger partial charge is 0.329 e. The van der Waals surface area contributed by atoms with E-state index < -0.39 is 0 Å². The predicted octanol–water partition coefficient (Wildman–Crippen LogP) is 5.37. The summed E-state index contributed by atoms with van der Waals surface area (Å²) in [5, 5.41) is 3.37. The number of aryl methyl sites for hydroxylation is 1. The highest BCUT2D eigenvalue weighted by Gasteiger charge is 2.39. The summed E-state index contributed by atoms with van der Waals surface area (Å²) in [6.07, 6.45) is 0. The van der Waals surface area contributed by atoms with Crippen LogP contribution in [0.3, 0.4) is 0 Å². The molecule has 0 N–H and O–H groups in total. The van der Waals surface area contributed by atoms with Gasteiger partial charge in [-0.1, -0.05) is 60.1 Å². The van der Waals surface area contributed by atoms with Gasteiger partial charge < -0.3 is 4.48 Å². The van der Waals surface area contributed by atoms with Crippen LogP contribution in [0.1, 0.15) is 5.56 Å². The van der Waals surface area contributed by atoms with Gasteiger partial charge in [-0.05, 0) is 58.8 Å². The van der Waals surface area contributed by atoms with E-state index in [0.29, 0.717) is 0 Å². The Bertz CT molecular complexity index is 1380. The van der Waals surface area contributed by atoms with E-state index in [1.165, 1.54) is 60.5 Å². The zero-order chi connectivity index (χ0) is 18.6. The Hall–Kier alpha value is -2.97. The summed E-state index contributed by atoms with van der Waals surface area (Å²) >= 11 is 6.61. The van der Waals surface area contributed by atoms with Gasteiger partial charge in [-0.15, -0.1) is 0 Å². The van der Waals surface area contributed by atoms with Crippen molar-refractivity contribution in [2.45, 2.75) is 6.92 Å². The zero-order valence-corrected chi connectivity index (χ0v) is 16.1. The molecule has 3 heterocycles. The highest BCUT2D eigenvalue weighted by atomic mass is 35.5. The number of halogens is 1. The lowest BCUT2D eigenvalue weighted by Crippen LogP contribution is -2.53. The average molecular weight is 376 g/mol. The molecule has 4 aromatic carbocycles. The molecule has 0 spiro atoms. The lowest BCUT2D eigenvalue weighted by atomic mass is 9.45. The van der Waals surface area contributed by atoms with Crippen molar-refractivity contribution in [3.05, 3.63) is 83.4 Å². The van der Waals surface area contributed by atoms with Crippen LogP contribution in [0.4, 0.5) is 0 Å². The fourth-order valence-electron chi connectivity index (χ4n) is 5.50. The van der Waals surface area contributed by atoms with E-state index in [0.717, 1.165) is 5.02 Å². The van der Waals surface area contributed by atoms with E-state index in [1.807, 2.05) is 0 Å². The molecule has 0 saturated carbocycles.